The highest BCUT2D eigenvalue weighted by molar-refractivity contribution is 6.06. The van der Waals surface area contributed by atoms with E-state index < -0.39 is 6.29 Å². The van der Waals surface area contributed by atoms with E-state index in [2.05, 4.69) is 10.3 Å². The van der Waals surface area contributed by atoms with Gasteiger partial charge in [-0.2, -0.15) is 0 Å². The average Bonchev–Trinajstić information content (AvgIpc) is 2.52. The van der Waals surface area contributed by atoms with Crippen molar-refractivity contribution in [3.8, 4) is 0 Å². The van der Waals surface area contributed by atoms with Gasteiger partial charge in [0.15, 0.2) is 6.29 Å². The molecule has 2 aromatic rings. The predicted octanol–water partition coefficient (Wildman–Crippen LogP) is 2.36. The molecule has 0 saturated heterocycles. The number of ether oxygens (including phenoxy) is 2. The summed E-state index contributed by atoms with van der Waals surface area (Å²) in [6, 6.07) is 9.21. The van der Waals surface area contributed by atoms with Gasteiger partial charge in [0.25, 0.3) is 5.91 Å². The Kier molecular flexibility index (Phi) is 5.66. The van der Waals surface area contributed by atoms with Crippen LogP contribution in [0.5, 0.6) is 0 Å². The molecular formula is C16H20N2O3. The second-order valence-electron chi connectivity index (χ2n) is 4.43. The molecule has 2 rings (SSSR count). The first kappa shape index (κ1) is 15.4. The Bertz CT molecular complexity index is 590. The number of pyridine rings is 1. The van der Waals surface area contributed by atoms with Crippen molar-refractivity contribution < 1.29 is 14.3 Å². The second-order valence-corrected chi connectivity index (χ2v) is 4.43. The lowest BCUT2D eigenvalue weighted by atomic mass is 10.1. The molecule has 21 heavy (non-hydrogen) atoms. The molecule has 1 amide bonds. The number of amides is 1. The van der Waals surface area contributed by atoms with Gasteiger partial charge in [-0.25, -0.2) is 0 Å². The number of nitrogens with zero attached hydrogens (tertiary/aromatic N) is 1. The minimum Gasteiger partial charge on any atom is -0.351 e. The van der Waals surface area contributed by atoms with E-state index in [0.717, 1.165) is 10.9 Å². The number of hydrogen-bond donors (Lipinski definition) is 1. The fourth-order valence-electron chi connectivity index (χ4n) is 2.11. The number of hydrogen-bond acceptors (Lipinski definition) is 4. The smallest absolute Gasteiger partial charge is 0.252 e. The van der Waals surface area contributed by atoms with Gasteiger partial charge in [0, 0.05) is 30.4 Å². The molecule has 0 atom stereocenters. The van der Waals surface area contributed by atoms with E-state index in [4.69, 9.17) is 9.47 Å². The standard InChI is InChI=1S/C16H20N2O3/c1-3-20-15(21-4-2)11-18-16(19)13-7-5-9-14-12(13)8-6-10-17-14/h5-10,15H,3-4,11H2,1-2H3,(H,18,19). The van der Waals surface area contributed by atoms with Gasteiger partial charge in [-0.1, -0.05) is 12.1 Å². The van der Waals surface area contributed by atoms with E-state index in [1.54, 1.807) is 12.3 Å². The summed E-state index contributed by atoms with van der Waals surface area (Å²) in [6.45, 7) is 5.18. The molecule has 1 aromatic heterocycles. The summed E-state index contributed by atoms with van der Waals surface area (Å²) in [5, 5.41) is 3.68. The van der Waals surface area contributed by atoms with Crippen LogP contribution in [0.3, 0.4) is 0 Å². The zero-order valence-electron chi connectivity index (χ0n) is 12.3. The molecule has 0 bridgehead atoms. The van der Waals surface area contributed by atoms with Crippen molar-refractivity contribution in [1.29, 1.82) is 0 Å². The summed E-state index contributed by atoms with van der Waals surface area (Å²) in [5.74, 6) is -0.155. The molecule has 112 valence electrons. The SMILES string of the molecule is CCOC(CNC(=O)c1cccc2ncccc12)OCC. The van der Waals surface area contributed by atoms with E-state index in [-0.39, 0.29) is 5.91 Å². The zero-order valence-corrected chi connectivity index (χ0v) is 12.3. The first-order valence-electron chi connectivity index (χ1n) is 7.11. The topological polar surface area (TPSA) is 60.5 Å². The molecular weight excluding hydrogens is 268 g/mol. The third-order valence-electron chi connectivity index (χ3n) is 3.02. The second kappa shape index (κ2) is 7.71. The molecule has 0 aliphatic rings. The minimum absolute atomic E-state index is 0.155. The van der Waals surface area contributed by atoms with Crippen LogP contribution in [0.15, 0.2) is 36.5 Å². The van der Waals surface area contributed by atoms with Gasteiger partial charge in [-0.3, -0.25) is 9.78 Å². The highest BCUT2D eigenvalue weighted by Crippen LogP contribution is 2.16. The Hall–Kier alpha value is -1.98. The van der Waals surface area contributed by atoms with Crippen LogP contribution in [0.4, 0.5) is 0 Å². The lowest BCUT2D eigenvalue weighted by molar-refractivity contribution is -0.131. The first-order valence-corrected chi connectivity index (χ1v) is 7.11. The quantitative estimate of drug-likeness (QED) is 0.795. The molecule has 0 saturated carbocycles. The monoisotopic (exact) mass is 288 g/mol. The number of carbonyl (C=O) groups is 1. The molecule has 0 spiro atoms. The summed E-state index contributed by atoms with van der Waals surface area (Å²) in [6.07, 6.45) is 1.29. The van der Waals surface area contributed by atoms with Crippen LogP contribution in [-0.4, -0.2) is 36.9 Å². The van der Waals surface area contributed by atoms with Crippen LogP contribution in [0, 0.1) is 0 Å². The minimum atomic E-state index is -0.419. The number of aromatic nitrogens is 1. The lowest BCUT2D eigenvalue weighted by Crippen LogP contribution is -2.35. The van der Waals surface area contributed by atoms with Gasteiger partial charge in [0.05, 0.1) is 12.1 Å². The van der Waals surface area contributed by atoms with Crippen LogP contribution in [-0.2, 0) is 9.47 Å². The summed E-state index contributed by atoms with van der Waals surface area (Å²) < 4.78 is 10.8. The lowest BCUT2D eigenvalue weighted by Gasteiger charge is -2.17. The molecule has 1 N–H and O–H groups in total. The highest BCUT2D eigenvalue weighted by atomic mass is 16.7. The van der Waals surface area contributed by atoms with E-state index in [9.17, 15) is 4.79 Å². The number of benzene rings is 1. The van der Waals surface area contributed by atoms with E-state index in [1.165, 1.54) is 0 Å². The van der Waals surface area contributed by atoms with Crippen molar-refractivity contribution in [2.75, 3.05) is 19.8 Å². The predicted molar refractivity (Wildman–Crippen MR) is 81.1 cm³/mol. The Morgan fingerprint density at radius 1 is 1.19 bits per heavy atom. The molecule has 1 heterocycles. The van der Waals surface area contributed by atoms with Gasteiger partial charge in [-0.15, -0.1) is 0 Å². The summed E-state index contributed by atoms with van der Waals surface area (Å²) in [5.41, 5.74) is 1.41. The van der Waals surface area contributed by atoms with Crippen molar-refractivity contribution in [3.63, 3.8) is 0 Å². The van der Waals surface area contributed by atoms with Crippen molar-refractivity contribution >= 4 is 16.8 Å². The number of fused-ring (bicyclic) bond motifs is 1. The van der Waals surface area contributed by atoms with Crippen LogP contribution in [0.2, 0.25) is 0 Å². The Morgan fingerprint density at radius 3 is 2.67 bits per heavy atom. The molecule has 0 aliphatic heterocycles. The van der Waals surface area contributed by atoms with Crippen LogP contribution < -0.4 is 5.32 Å². The fraction of sp³-hybridized carbons (Fsp3) is 0.375. The molecule has 0 aliphatic carbocycles. The van der Waals surface area contributed by atoms with Crippen molar-refractivity contribution in [2.45, 2.75) is 20.1 Å². The highest BCUT2D eigenvalue weighted by Gasteiger charge is 2.13. The Balaban J connectivity index is 2.08. The van der Waals surface area contributed by atoms with Crippen LogP contribution in [0.25, 0.3) is 10.9 Å². The van der Waals surface area contributed by atoms with E-state index in [0.29, 0.717) is 25.3 Å². The zero-order chi connectivity index (χ0) is 15.1. The Labute approximate surface area is 124 Å². The average molecular weight is 288 g/mol. The molecule has 1 aromatic carbocycles. The van der Waals surface area contributed by atoms with Crippen molar-refractivity contribution in [2.24, 2.45) is 0 Å². The van der Waals surface area contributed by atoms with Crippen molar-refractivity contribution in [3.05, 3.63) is 42.1 Å². The van der Waals surface area contributed by atoms with Crippen molar-refractivity contribution in [1.82, 2.24) is 10.3 Å². The van der Waals surface area contributed by atoms with Gasteiger partial charge < -0.3 is 14.8 Å². The summed E-state index contributed by atoms with van der Waals surface area (Å²) in [7, 11) is 0. The summed E-state index contributed by atoms with van der Waals surface area (Å²) in [4.78, 5) is 16.6. The van der Waals surface area contributed by atoms with E-state index >= 15 is 0 Å². The molecule has 0 unspecified atom stereocenters. The Morgan fingerprint density at radius 2 is 1.95 bits per heavy atom. The third kappa shape index (κ3) is 4.00. The fourth-order valence-corrected chi connectivity index (χ4v) is 2.11. The molecule has 5 nitrogen and oxygen atoms in total. The van der Waals surface area contributed by atoms with Gasteiger partial charge in [0.2, 0.25) is 0 Å². The number of nitrogens with one attached hydrogen (secondary N) is 1. The first-order chi connectivity index (χ1) is 10.3. The van der Waals surface area contributed by atoms with Gasteiger partial charge in [-0.05, 0) is 32.0 Å². The maximum absolute atomic E-state index is 12.3. The molecule has 0 fully saturated rings. The van der Waals surface area contributed by atoms with Crippen LogP contribution >= 0.6 is 0 Å². The number of carbonyl (C=O) groups excluding carboxylic acids is 1. The molecule has 0 radical (unpaired) electrons. The summed E-state index contributed by atoms with van der Waals surface area (Å²) >= 11 is 0. The normalized spacial score (nSPS) is 11.0. The number of rotatable bonds is 7. The maximum Gasteiger partial charge on any atom is 0.252 e. The molecule has 5 heteroatoms. The largest absolute Gasteiger partial charge is 0.351 e. The van der Waals surface area contributed by atoms with Gasteiger partial charge >= 0.3 is 0 Å². The third-order valence-corrected chi connectivity index (χ3v) is 3.02. The maximum atomic E-state index is 12.3. The van der Waals surface area contributed by atoms with Gasteiger partial charge in [0.1, 0.15) is 0 Å². The van der Waals surface area contributed by atoms with E-state index in [1.807, 2.05) is 38.1 Å². The van der Waals surface area contributed by atoms with Crippen LogP contribution in [0.1, 0.15) is 24.2 Å².